The molecule has 1 fully saturated rings. The first-order valence-corrected chi connectivity index (χ1v) is 9.79. The van der Waals surface area contributed by atoms with Gasteiger partial charge < -0.3 is 19.0 Å². The normalized spacial score (nSPS) is 20.9. The van der Waals surface area contributed by atoms with E-state index < -0.39 is 11.6 Å². The number of esters is 1. The quantitative estimate of drug-likeness (QED) is 0.602. The lowest BCUT2D eigenvalue weighted by atomic mass is 9.84. The van der Waals surface area contributed by atoms with Crippen molar-refractivity contribution in [2.45, 2.75) is 37.8 Å². The molecule has 1 aromatic heterocycles. The molecule has 1 saturated heterocycles. The zero-order valence-electron chi connectivity index (χ0n) is 16.8. The van der Waals surface area contributed by atoms with E-state index in [0.717, 1.165) is 38.1 Å². The predicted molar refractivity (Wildman–Crippen MR) is 107 cm³/mol. The van der Waals surface area contributed by atoms with E-state index in [1.165, 1.54) is 7.11 Å². The number of Topliss-reactive ketones (excluding diaryl/α,β-unsaturated/α-hetero) is 1. The number of rotatable bonds is 3. The standard InChI is InChI=1S/C21H23NO5.CH2O2/c1-25-20(24)19-8-7-15(26-19)14-22-11-4-9-21(10-12-22)13-17(23)16-5-2-3-6-18(16)27-21;2-1-3/h2-3,5-8H,4,9-14H2,1H3;1H,(H,2,3). The van der Waals surface area contributed by atoms with Gasteiger partial charge in [-0.3, -0.25) is 14.5 Å². The van der Waals surface area contributed by atoms with Crippen molar-refractivity contribution < 1.29 is 33.4 Å². The van der Waals surface area contributed by atoms with Gasteiger partial charge in [0.1, 0.15) is 17.1 Å². The summed E-state index contributed by atoms with van der Waals surface area (Å²) >= 11 is 0. The second kappa shape index (κ2) is 9.58. The van der Waals surface area contributed by atoms with Crippen LogP contribution in [0.3, 0.4) is 0 Å². The van der Waals surface area contributed by atoms with E-state index in [4.69, 9.17) is 19.1 Å². The Labute approximate surface area is 174 Å². The molecule has 0 saturated carbocycles. The first kappa shape index (κ1) is 21.6. The summed E-state index contributed by atoms with van der Waals surface area (Å²) in [5.41, 5.74) is 0.274. The second-order valence-electron chi connectivity index (χ2n) is 7.37. The van der Waals surface area contributed by atoms with Crippen molar-refractivity contribution >= 4 is 18.2 Å². The number of hydrogen-bond donors (Lipinski definition) is 1. The van der Waals surface area contributed by atoms with E-state index >= 15 is 0 Å². The van der Waals surface area contributed by atoms with Crippen LogP contribution in [0.2, 0.25) is 0 Å². The number of benzene rings is 1. The molecule has 2 aromatic rings. The summed E-state index contributed by atoms with van der Waals surface area (Å²) in [6.07, 6.45) is 3.03. The molecule has 160 valence electrons. The van der Waals surface area contributed by atoms with Crippen LogP contribution >= 0.6 is 0 Å². The topological polar surface area (TPSA) is 106 Å². The Bertz CT molecular complexity index is 906. The number of nitrogens with zero attached hydrogens (tertiary/aromatic N) is 1. The number of methoxy groups -OCH3 is 1. The Hall–Kier alpha value is -3.13. The van der Waals surface area contributed by atoms with Gasteiger partial charge in [0.2, 0.25) is 5.76 Å². The lowest BCUT2D eigenvalue weighted by Gasteiger charge is -2.37. The van der Waals surface area contributed by atoms with E-state index in [1.54, 1.807) is 6.07 Å². The number of ether oxygens (including phenoxy) is 2. The van der Waals surface area contributed by atoms with Crippen LogP contribution < -0.4 is 4.74 Å². The average Bonchev–Trinajstić information content (AvgIpc) is 3.12. The van der Waals surface area contributed by atoms with Crippen LogP contribution in [-0.4, -0.2) is 54.0 Å². The molecule has 3 heterocycles. The zero-order chi connectivity index (χ0) is 21.6. The number of likely N-dealkylation sites (tertiary alicyclic amines) is 1. The van der Waals surface area contributed by atoms with E-state index in [2.05, 4.69) is 9.64 Å². The van der Waals surface area contributed by atoms with Gasteiger partial charge in [-0.2, -0.15) is 0 Å². The lowest BCUT2D eigenvalue weighted by Crippen LogP contribution is -2.42. The molecule has 4 rings (SSSR count). The SMILES string of the molecule is COC(=O)c1ccc(CN2CCCC3(CC2)CC(=O)c2ccccc2O3)o1.O=CO. The first-order chi connectivity index (χ1) is 14.5. The highest BCUT2D eigenvalue weighted by Gasteiger charge is 2.41. The fraction of sp³-hybridized carbons (Fsp3) is 0.409. The average molecular weight is 415 g/mol. The maximum Gasteiger partial charge on any atom is 0.373 e. The monoisotopic (exact) mass is 415 g/mol. The number of furan rings is 1. The third-order valence-corrected chi connectivity index (χ3v) is 5.41. The number of para-hydroxylation sites is 1. The molecule has 30 heavy (non-hydrogen) atoms. The first-order valence-electron chi connectivity index (χ1n) is 9.79. The third kappa shape index (κ3) is 4.88. The molecular formula is C22H25NO7. The summed E-state index contributed by atoms with van der Waals surface area (Å²) in [6, 6.07) is 10.9. The molecule has 1 unspecified atom stereocenters. The predicted octanol–water partition coefficient (Wildman–Crippen LogP) is 3.16. The van der Waals surface area contributed by atoms with Crippen molar-refractivity contribution in [2.75, 3.05) is 20.2 Å². The van der Waals surface area contributed by atoms with E-state index in [0.29, 0.717) is 24.3 Å². The van der Waals surface area contributed by atoms with Crippen LogP contribution in [0.15, 0.2) is 40.8 Å². The van der Waals surface area contributed by atoms with Crippen LogP contribution in [0.1, 0.15) is 52.4 Å². The van der Waals surface area contributed by atoms with Crippen LogP contribution in [0.4, 0.5) is 0 Å². The molecule has 8 nitrogen and oxygen atoms in total. The highest BCUT2D eigenvalue weighted by molar-refractivity contribution is 6.00. The van der Waals surface area contributed by atoms with Crippen LogP contribution in [-0.2, 0) is 16.1 Å². The summed E-state index contributed by atoms with van der Waals surface area (Å²) in [6.45, 7) is 2.08. The minimum atomic E-state index is -0.469. The maximum absolute atomic E-state index is 12.6. The molecule has 0 bridgehead atoms. The van der Waals surface area contributed by atoms with Crippen LogP contribution in [0.5, 0.6) is 5.75 Å². The van der Waals surface area contributed by atoms with Crippen LogP contribution in [0.25, 0.3) is 0 Å². The van der Waals surface area contributed by atoms with Crippen LogP contribution in [0, 0.1) is 0 Å². The smallest absolute Gasteiger partial charge is 0.373 e. The van der Waals surface area contributed by atoms with Gasteiger partial charge in [0, 0.05) is 13.0 Å². The van der Waals surface area contributed by atoms with Crippen molar-refractivity contribution in [3.05, 3.63) is 53.5 Å². The van der Waals surface area contributed by atoms with Crippen molar-refractivity contribution in [1.82, 2.24) is 4.90 Å². The van der Waals surface area contributed by atoms with Crippen molar-refractivity contribution in [1.29, 1.82) is 0 Å². The summed E-state index contributed by atoms with van der Waals surface area (Å²) in [5, 5.41) is 6.89. The molecule has 0 amide bonds. The van der Waals surface area contributed by atoms with E-state index in [9.17, 15) is 9.59 Å². The van der Waals surface area contributed by atoms with Gasteiger partial charge in [0.15, 0.2) is 5.78 Å². The Kier molecular flexibility index (Phi) is 6.89. The number of carbonyl (C=O) groups excluding carboxylic acids is 2. The van der Waals surface area contributed by atoms with Gasteiger partial charge in [-0.05, 0) is 43.7 Å². The number of carbonyl (C=O) groups is 3. The van der Waals surface area contributed by atoms with Crippen molar-refractivity contribution in [3.8, 4) is 5.75 Å². The summed E-state index contributed by atoms with van der Waals surface area (Å²) in [5.74, 6) is 1.35. The van der Waals surface area contributed by atoms with Gasteiger partial charge in [-0.1, -0.05) is 12.1 Å². The zero-order valence-corrected chi connectivity index (χ0v) is 16.8. The number of hydrogen-bond acceptors (Lipinski definition) is 7. The lowest BCUT2D eigenvalue weighted by molar-refractivity contribution is -0.122. The van der Waals surface area contributed by atoms with Crippen molar-refractivity contribution in [3.63, 3.8) is 0 Å². The molecule has 1 atom stereocenters. The number of carboxylic acid groups (broad SMARTS) is 1. The molecule has 2 aliphatic rings. The summed E-state index contributed by atoms with van der Waals surface area (Å²) in [4.78, 5) is 34.8. The molecule has 2 aliphatic heterocycles. The largest absolute Gasteiger partial charge is 0.486 e. The highest BCUT2D eigenvalue weighted by atomic mass is 16.5. The van der Waals surface area contributed by atoms with Gasteiger partial charge >= 0.3 is 5.97 Å². The minimum Gasteiger partial charge on any atom is -0.486 e. The Balaban J connectivity index is 0.000000806. The minimum absolute atomic E-state index is 0.166. The van der Waals surface area contributed by atoms with E-state index in [-0.39, 0.29) is 18.0 Å². The highest BCUT2D eigenvalue weighted by Crippen LogP contribution is 2.39. The second-order valence-corrected chi connectivity index (χ2v) is 7.37. The Morgan fingerprint density at radius 1 is 1.23 bits per heavy atom. The molecular weight excluding hydrogens is 390 g/mol. The van der Waals surface area contributed by atoms with E-state index in [1.807, 2.05) is 30.3 Å². The van der Waals surface area contributed by atoms with Gasteiger partial charge in [0.05, 0.1) is 25.6 Å². The molecule has 1 spiro atoms. The van der Waals surface area contributed by atoms with Gasteiger partial charge in [-0.25, -0.2) is 4.79 Å². The molecule has 1 N–H and O–H groups in total. The molecule has 0 aliphatic carbocycles. The fourth-order valence-electron chi connectivity index (χ4n) is 4.00. The Morgan fingerprint density at radius 2 is 2.00 bits per heavy atom. The Morgan fingerprint density at radius 3 is 2.77 bits per heavy atom. The molecule has 1 aromatic carbocycles. The number of ketones is 1. The molecule has 0 radical (unpaired) electrons. The summed E-state index contributed by atoms with van der Waals surface area (Å²) < 4.78 is 16.6. The van der Waals surface area contributed by atoms with Crippen molar-refractivity contribution in [2.24, 2.45) is 0 Å². The van der Waals surface area contributed by atoms with Gasteiger partial charge in [0.25, 0.3) is 6.47 Å². The third-order valence-electron chi connectivity index (χ3n) is 5.41. The summed E-state index contributed by atoms with van der Waals surface area (Å²) in [7, 11) is 1.34. The molecule has 8 heteroatoms. The number of fused-ring (bicyclic) bond motifs is 1. The van der Waals surface area contributed by atoms with Gasteiger partial charge in [-0.15, -0.1) is 0 Å². The maximum atomic E-state index is 12.6. The fourth-order valence-corrected chi connectivity index (χ4v) is 4.00.